The van der Waals surface area contributed by atoms with Gasteiger partial charge in [-0.3, -0.25) is 9.89 Å². The topological polar surface area (TPSA) is 52.6 Å². The first kappa shape index (κ1) is 22.4. The summed E-state index contributed by atoms with van der Waals surface area (Å²) in [6, 6.07) is 0.756. The molecule has 10 heteroatoms. The molecule has 2 atom stereocenters. The van der Waals surface area contributed by atoms with E-state index in [4.69, 9.17) is 0 Å². The van der Waals surface area contributed by atoms with Crippen molar-refractivity contribution in [2.45, 2.75) is 45.6 Å². The molecule has 144 valence electrons. The molecule has 1 aliphatic rings. The third kappa shape index (κ3) is 6.24. The summed E-state index contributed by atoms with van der Waals surface area (Å²) in [5.41, 5.74) is -0.843. The molecule has 2 N–H and O–H groups in total. The first-order valence-corrected chi connectivity index (χ1v) is 8.81. The molecular weight excluding hydrogens is 466 g/mol. The Hall–Kier alpha value is -0.620. The summed E-state index contributed by atoms with van der Waals surface area (Å²) in [6.45, 7) is 8.69. The predicted molar refractivity (Wildman–Crippen MR) is 106 cm³/mol. The standard InChI is InChI=1S/C15H24F3N5S.HI/c1-9(2)23-6-10(3)11(7-23)21-14(19-4)20-5-13-22-12(8-24-13)15(16,17)18;/h8-11H,5-7H2,1-4H3,(H2,19,20,21);1H. The minimum Gasteiger partial charge on any atom is -0.352 e. The summed E-state index contributed by atoms with van der Waals surface area (Å²) in [6.07, 6.45) is -4.39. The smallest absolute Gasteiger partial charge is 0.352 e. The van der Waals surface area contributed by atoms with Crippen LogP contribution in [0.2, 0.25) is 0 Å². The van der Waals surface area contributed by atoms with Crippen LogP contribution in [0.4, 0.5) is 13.2 Å². The van der Waals surface area contributed by atoms with Gasteiger partial charge in [0.15, 0.2) is 11.7 Å². The zero-order chi connectivity index (χ0) is 17.9. The van der Waals surface area contributed by atoms with E-state index in [0.717, 1.165) is 29.8 Å². The molecule has 2 rings (SSSR count). The zero-order valence-corrected chi connectivity index (χ0v) is 17.9. The number of aliphatic imine (C=N–C) groups is 1. The molecule has 1 saturated heterocycles. The highest BCUT2D eigenvalue weighted by Crippen LogP contribution is 2.29. The molecule has 2 unspecified atom stereocenters. The maximum absolute atomic E-state index is 12.6. The lowest BCUT2D eigenvalue weighted by Crippen LogP contribution is -2.46. The summed E-state index contributed by atoms with van der Waals surface area (Å²) in [4.78, 5) is 10.2. The Balaban J connectivity index is 0.00000312. The zero-order valence-electron chi connectivity index (χ0n) is 14.7. The first-order chi connectivity index (χ1) is 11.2. The summed E-state index contributed by atoms with van der Waals surface area (Å²) in [5.74, 6) is 1.06. The summed E-state index contributed by atoms with van der Waals surface area (Å²) < 4.78 is 37.7. The van der Waals surface area contributed by atoms with Gasteiger partial charge in [0, 0.05) is 37.6 Å². The molecule has 25 heavy (non-hydrogen) atoms. The Labute approximate surface area is 167 Å². The van der Waals surface area contributed by atoms with Crippen molar-refractivity contribution >= 4 is 41.3 Å². The van der Waals surface area contributed by atoms with E-state index in [1.54, 1.807) is 7.05 Å². The third-order valence-corrected chi connectivity index (χ3v) is 5.01. The fraction of sp³-hybridized carbons (Fsp3) is 0.733. The Morgan fingerprint density at radius 1 is 1.44 bits per heavy atom. The van der Waals surface area contributed by atoms with E-state index in [2.05, 4.69) is 46.3 Å². The van der Waals surface area contributed by atoms with Crippen molar-refractivity contribution in [3.63, 3.8) is 0 Å². The lowest BCUT2D eigenvalue weighted by molar-refractivity contribution is -0.140. The number of nitrogens with zero attached hydrogens (tertiary/aromatic N) is 3. The van der Waals surface area contributed by atoms with Crippen molar-refractivity contribution in [1.29, 1.82) is 0 Å². The highest BCUT2D eigenvalue weighted by atomic mass is 127. The molecule has 1 aromatic rings. The van der Waals surface area contributed by atoms with Crippen LogP contribution in [-0.2, 0) is 12.7 Å². The molecule has 0 spiro atoms. The van der Waals surface area contributed by atoms with E-state index >= 15 is 0 Å². The molecule has 0 aliphatic carbocycles. The SMILES string of the molecule is CN=C(NCc1nc(C(F)(F)F)cs1)NC1CN(C(C)C)CC1C.I. The number of aromatic nitrogens is 1. The molecule has 0 radical (unpaired) electrons. The number of guanidine groups is 1. The average molecular weight is 491 g/mol. The van der Waals surface area contributed by atoms with Gasteiger partial charge in [-0.15, -0.1) is 35.3 Å². The molecule has 1 aromatic heterocycles. The first-order valence-electron chi connectivity index (χ1n) is 7.93. The van der Waals surface area contributed by atoms with Crippen LogP contribution in [0.5, 0.6) is 0 Å². The van der Waals surface area contributed by atoms with Crippen molar-refractivity contribution < 1.29 is 13.2 Å². The van der Waals surface area contributed by atoms with Crippen LogP contribution in [0, 0.1) is 5.92 Å². The third-order valence-electron chi connectivity index (χ3n) is 4.17. The number of halogens is 4. The molecule has 1 aliphatic heterocycles. The van der Waals surface area contributed by atoms with Gasteiger partial charge in [-0.2, -0.15) is 13.2 Å². The van der Waals surface area contributed by atoms with Crippen molar-refractivity contribution in [2.75, 3.05) is 20.1 Å². The van der Waals surface area contributed by atoms with Gasteiger partial charge >= 0.3 is 6.18 Å². The lowest BCUT2D eigenvalue weighted by atomic mass is 10.1. The largest absolute Gasteiger partial charge is 0.434 e. The van der Waals surface area contributed by atoms with E-state index in [1.165, 1.54) is 0 Å². The van der Waals surface area contributed by atoms with Crippen molar-refractivity contribution in [2.24, 2.45) is 10.9 Å². The van der Waals surface area contributed by atoms with Crippen LogP contribution in [0.15, 0.2) is 10.4 Å². The highest BCUT2D eigenvalue weighted by molar-refractivity contribution is 14.0. The molecular formula is C15H25F3IN5S. The molecule has 1 fully saturated rings. The van der Waals surface area contributed by atoms with Crippen molar-refractivity contribution in [1.82, 2.24) is 20.5 Å². The van der Waals surface area contributed by atoms with E-state index in [9.17, 15) is 13.2 Å². The second-order valence-electron chi connectivity index (χ2n) is 6.33. The van der Waals surface area contributed by atoms with Gasteiger partial charge in [0.1, 0.15) is 5.01 Å². The van der Waals surface area contributed by atoms with Gasteiger partial charge < -0.3 is 10.6 Å². The van der Waals surface area contributed by atoms with E-state index in [1.807, 2.05) is 0 Å². The summed E-state index contributed by atoms with van der Waals surface area (Å²) >= 11 is 0.992. The molecule has 2 heterocycles. The average Bonchev–Trinajstić information content (AvgIpc) is 3.10. The van der Waals surface area contributed by atoms with Crippen LogP contribution in [0.1, 0.15) is 31.5 Å². The Morgan fingerprint density at radius 3 is 2.60 bits per heavy atom. The van der Waals surface area contributed by atoms with Crippen LogP contribution in [0.25, 0.3) is 0 Å². The van der Waals surface area contributed by atoms with Gasteiger partial charge in [0.05, 0.1) is 6.54 Å². The minimum atomic E-state index is -4.39. The molecule has 0 aromatic carbocycles. The van der Waals surface area contributed by atoms with Gasteiger partial charge in [0.25, 0.3) is 0 Å². The maximum atomic E-state index is 12.6. The van der Waals surface area contributed by atoms with Crippen LogP contribution in [0.3, 0.4) is 0 Å². The monoisotopic (exact) mass is 491 g/mol. The normalized spacial score (nSPS) is 22.2. The van der Waals surface area contributed by atoms with Crippen LogP contribution >= 0.6 is 35.3 Å². The second-order valence-corrected chi connectivity index (χ2v) is 7.27. The van der Waals surface area contributed by atoms with E-state index in [0.29, 0.717) is 22.9 Å². The highest BCUT2D eigenvalue weighted by Gasteiger charge is 2.34. The second kappa shape index (κ2) is 9.36. The van der Waals surface area contributed by atoms with Gasteiger partial charge in [0.2, 0.25) is 0 Å². The van der Waals surface area contributed by atoms with E-state index < -0.39 is 11.9 Å². The van der Waals surface area contributed by atoms with Crippen molar-refractivity contribution in [3.05, 3.63) is 16.1 Å². The van der Waals surface area contributed by atoms with Crippen LogP contribution in [-0.4, -0.2) is 48.1 Å². The molecule has 0 bridgehead atoms. The fourth-order valence-electron chi connectivity index (χ4n) is 2.67. The molecule has 0 saturated carbocycles. The predicted octanol–water partition coefficient (Wildman–Crippen LogP) is 3.17. The quantitative estimate of drug-likeness (QED) is 0.386. The molecule has 0 amide bonds. The van der Waals surface area contributed by atoms with E-state index in [-0.39, 0.29) is 36.6 Å². The maximum Gasteiger partial charge on any atom is 0.434 e. The van der Waals surface area contributed by atoms with Gasteiger partial charge in [-0.1, -0.05) is 6.92 Å². The fourth-order valence-corrected chi connectivity index (χ4v) is 3.41. The number of thiazole rings is 1. The van der Waals surface area contributed by atoms with Crippen molar-refractivity contribution in [3.8, 4) is 0 Å². The number of alkyl halides is 3. The number of likely N-dealkylation sites (tertiary alicyclic amines) is 1. The Bertz CT molecular complexity index is 576. The summed E-state index contributed by atoms with van der Waals surface area (Å²) in [5, 5.41) is 7.82. The van der Waals surface area contributed by atoms with Crippen LogP contribution < -0.4 is 10.6 Å². The lowest BCUT2D eigenvalue weighted by Gasteiger charge is -2.21. The van der Waals surface area contributed by atoms with Gasteiger partial charge in [-0.05, 0) is 19.8 Å². The number of hydrogen-bond acceptors (Lipinski definition) is 4. The Morgan fingerprint density at radius 2 is 2.12 bits per heavy atom. The Kier molecular flexibility index (Phi) is 8.39. The minimum absolute atomic E-state index is 0. The van der Waals surface area contributed by atoms with Gasteiger partial charge in [-0.25, -0.2) is 4.98 Å². The number of hydrogen-bond donors (Lipinski definition) is 2. The molecule has 5 nitrogen and oxygen atoms in total. The number of nitrogens with one attached hydrogen (secondary N) is 2. The number of rotatable bonds is 4. The summed E-state index contributed by atoms with van der Waals surface area (Å²) in [7, 11) is 1.65.